The van der Waals surface area contributed by atoms with Gasteiger partial charge in [0.25, 0.3) is 11.8 Å². The van der Waals surface area contributed by atoms with Crippen molar-refractivity contribution in [3.63, 3.8) is 0 Å². The maximum atomic E-state index is 12.6. The zero-order valence-corrected chi connectivity index (χ0v) is 19.2. The van der Waals surface area contributed by atoms with Crippen LogP contribution in [0.1, 0.15) is 26.3 Å². The number of ether oxygens (including phenoxy) is 2. The maximum absolute atomic E-state index is 12.6. The Bertz CT molecular complexity index is 1260. The Kier molecular flexibility index (Phi) is 7.01. The number of nitrogens with two attached hydrogens (primary N) is 1. The molecule has 0 saturated heterocycles. The van der Waals surface area contributed by atoms with Crippen LogP contribution in [0.4, 0.5) is 0 Å². The number of aromatic nitrogens is 1. The molecule has 0 aliphatic carbocycles. The summed E-state index contributed by atoms with van der Waals surface area (Å²) in [6.45, 7) is 0. The third-order valence-corrected chi connectivity index (χ3v) is 4.63. The van der Waals surface area contributed by atoms with Crippen LogP contribution in [-0.4, -0.2) is 65.7 Å². The lowest BCUT2D eigenvalue weighted by Gasteiger charge is -2.15. The number of phenolic OH excluding ortho intramolecular Hbond substituents is 1. The number of phenols is 1. The smallest absolute Gasteiger partial charge is 0.253 e. The number of pyridine rings is 1. The molecule has 0 aliphatic rings. The van der Waals surface area contributed by atoms with E-state index in [4.69, 9.17) is 20.6 Å². The Morgan fingerprint density at radius 3 is 2.09 bits per heavy atom. The van der Waals surface area contributed by atoms with E-state index < -0.39 is 0 Å². The first-order chi connectivity index (χ1) is 16.0. The average molecular weight is 463 g/mol. The van der Waals surface area contributed by atoms with E-state index in [1.807, 2.05) is 0 Å². The summed E-state index contributed by atoms with van der Waals surface area (Å²) in [5.74, 6) is -0.575. The maximum Gasteiger partial charge on any atom is 0.253 e. The van der Waals surface area contributed by atoms with Crippen molar-refractivity contribution in [2.75, 3.05) is 28.2 Å². The average Bonchev–Trinajstić information content (AvgIpc) is 2.79. The molecular weight excluding hydrogens is 438 g/mol. The van der Waals surface area contributed by atoms with Gasteiger partial charge in [-0.3, -0.25) is 15.0 Å². The lowest BCUT2D eigenvalue weighted by atomic mass is 10.2. The minimum atomic E-state index is -0.324. The molecular formula is C24H25N5O5. The van der Waals surface area contributed by atoms with Crippen molar-refractivity contribution in [2.24, 2.45) is 5.73 Å². The number of nitrogens with one attached hydrogen (secondary N) is 1. The number of amidine groups is 1. The molecule has 176 valence electrons. The molecule has 0 bridgehead atoms. The van der Waals surface area contributed by atoms with E-state index >= 15 is 0 Å². The van der Waals surface area contributed by atoms with Gasteiger partial charge in [-0.2, -0.15) is 4.98 Å². The summed E-state index contributed by atoms with van der Waals surface area (Å²) in [4.78, 5) is 32.0. The third-order valence-electron chi connectivity index (χ3n) is 4.63. The molecule has 2 aromatic carbocycles. The van der Waals surface area contributed by atoms with Crippen LogP contribution in [0.15, 0.2) is 54.6 Å². The van der Waals surface area contributed by atoms with Gasteiger partial charge < -0.3 is 30.1 Å². The highest BCUT2D eigenvalue weighted by molar-refractivity contribution is 5.96. The normalized spacial score (nSPS) is 10.4. The number of carbonyl (C=O) groups excluding carboxylic acids is 2. The molecule has 3 rings (SSSR count). The highest BCUT2D eigenvalue weighted by Crippen LogP contribution is 2.33. The molecule has 0 unspecified atom stereocenters. The second kappa shape index (κ2) is 9.90. The molecule has 0 saturated carbocycles. The number of hydrogen-bond donors (Lipinski definition) is 3. The van der Waals surface area contributed by atoms with E-state index in [-0.39, 0.29) is 46.5 Å². The van der Waals surface area contributed by atoms with Crippen LogP contribution >= 0.6 is 0 Å². The number of rotatable bonds is 7. The summed E-state index contributed by atoms with van der Waals surface area (Å²) in [5, 5.41) is 17.8. The molecule has 0 spiro atoms. The number of amides is 2. The molecule has 1 aromatic heterocycles. The van der Waals surface area contributed by atoms with E-state index in [2.05, 4.69) is 4.98 Å². The summed E-state index contributed by atoms with van der Waals surface area (Å²) < 4.78 is 11.6. The number of nitrogens with zero attached hydrogens (tertiary/aromatic N) is 3. The van der Waals surface area contributed by atoms with Gasteiger partial charge in [-0.1, -0.05) is 6.07 Å². The van der Waals surface area contributed by atoms with E-state index in [9.17, 15) is 14.7 Å². The van der Waals surface area contributed by atoms with Gasteiger partial charge in [0.05, 0.1) is 5.56 Å². The lowest BCUT2D eigenvalue weighted by molar-refractivity contribution is 0.0820. The minimum absolute atomic E-state index is 0.000760. The zero-order valence-electron chi connectivity index (χ0n) is 19.2. The van der Waals surface area contributed by atoms with Crippen molar-refractivity contribution in [2.45, 2.75) is 0 Å². The first kappa shape index (κ1) is 24.1. The molecule has 2 amide bonds. The fourth-order valence-electron chi connectivity index (χ4n) is 2.91. The van der Waals surface area contributed by atoms with Crippen LogP contribution in [0.2, 0.25) is 0 Å². The van der Waals surface area contributed by atoms with Crippen LogP contribution in [-0.2, 0) is 0 Å². The molecule has 0 fully saturated rings. The van der Waals surface area contributed by atoms with Gasteiger partial charge in [-0.25, -0.2) is 0 Å². The number of nitrogen functional groups attached to an aromatic ring is 1. The second-order valence-electron chi connectivity index (χ2n) is 7.76. The van der Waals surface area contributed by atoms with Crippen LogP contribution in [0.5, 0.6) is 29.0 Å². The van der Waals surface area contributed by atoms with Crippen LogP contribution in [0.25, 0.3) is 0 Å². The Balaban J connectivity index is 2.00. The van der Waals surface area contributed by atoms with Crippen molar-refractivity contribution >= 4 is 17.6 Å². The van der Waals surface area contributed by atoms with Gasteiger partial charge in [-0.15, -0.1) is 0 Å². The van der Waals surface area contributed by atoms with E-state index in [1.54, 1.807) is 52.5 Å². The van der Waals surface area contributed by atoms with Crippen molar-refractivity contribution in [1.82, 2.24) is 14.8 Å². The van der Waals surface area contributed by atoms with Gasteiger partial charge in [-0.05, 0) is 36.4 Å². The number of carbonyl (C=O) groups is 2. The predicted octanol–water partition coefficient (Wildman–Crippen LogP) is 3.06. The van der Waals surface area contributed by atoms with Crippen molar-refractivity contribution < 1.29 is 24.2 Å². The minimum Gasteiger partial charge on any atom is -0.504 e. The molecule has 0 radical (unpaired) electrons. The topological polar surface area (TPSA) is 142 Å². The summed E-state index contributed by atoms with van der Waals surface area (Å²) in [6.07, 6.45) is 0. The van der Waals surface area contributed by atoms with Gasteiger partial charge in [0.15, 0.2) is 11.5 Å². The zero-order chi connectivity index (χ0) is 25.0. The molecule has 10 nitrogen and oxygen atoms in total. The molecule has 1 heterocycles. The third kappa shape index (κ3) is 5.60. The van der Waals surface area contributed by atoms with Gasteiger partial charge in [0.1, 0.15) is 11.6 Å². The molecule has 4 N–H and O–H groups in total. The molecule has 10 heteroatoms. The van der Waals surface area contributed by atoms with Gasteiger partial charge in [0, 0.05) is 51.5 Å². The second-order valence-corrected chi connectivity index (χ2v) is 7.76. The SMILES string of the molecule is CN(C)C(=O)c1cccc(Oc2cc(C(=O)N(C)C)cc(Oc3cc(C(=N)N)ccc3O)n2)c1. The molecule has 3 aromatic rings. The summed E-state index contributed by atoms with van der Waals surface area (Å²) >= 11 is 0. The Morgan fingerprint density at radius 1 is 0.853 bits per heavy atom. The standard InChI is InChI=1S/C24H25N5O5/c1-28(2)23(31)15-6-5-7-17(10-15)33-20-12-16(24(32)29(3)4)13-21(27-20)34-19-11-14(22(25)26)8-9-18(19)30/h5-13,30H,1-4H3,(H3,25,26). The number of aromatic hydroxyl groups is 1. The Hall–Kier alpha value is -4.60. The summed E-state index contributed by atoms with van der Waals surface area (Å²) in [5.41, 5.74) is 6.51. The predicted molar refractivity (Wildman–Crippen MR) is 126 cm³/mol. The van der Waals surface area contributed by atoms with Crippen LogP contribution in [0.3, 0.4) is 0 Å². The van der Waals surface area contributed by atoms with Gasteiger partial charge in [0.2, 0.25) is 11.8 Å². The number of hydrogen-bond acceptors (Lipinski definition) is 7. The van der Waals surface area contributed by atoms with E-state index in [0.29, 0.717) is 16.9 Å². The highest BCUT2D eigenvalue weighted by atomic mass is 16.5. The summed E-state index contributed by atoms with van der Waals surface area (Å²) in [6, 6.07) is 13.6. The number of benzene rings is 2. The van der Waals surface area contributed by atoms with Crippen LogP contribution in [0, 0.1) is 5.41 Å². The first-order valence-corrected chi connectivity index (χ1v) is 10.1. The molecule has 0 atom stereocenters. The fraction of sp³-hybridized carbons (Fsp3) is 0.167. The largest absolute Gasteiger partial charge is 0.504 e. The Labute approximate surface area is 196 Å². The molecule has 0 aliphatic heterocycles. The lowest BCUT2D eigenvalue weighted by Crippen LogP contribution is -2.22. The van der Waals surface area contributed by atoms with Crippen molar-refractivity contribution in [3.05, 3.63) is 71.3 Å². The molecule has 34 heavy (non-hydrogen) atoms. The first-order valence-electron chi connectivity index (χ1n) is 10.1. The quantitative estimate of drug-likeness (QED) is 0.361. The monoisotopic (exact) mass is 463 g/mol. The van der Waals surface area contributed by atoms with Crippen molar-refractivity contribution in [3.8, 4) is 29.0 Å². The van der Waals surface area contributed by atoms with Crippen molar-refractivity contribution in [1.29, 1.82) is 5.41 Å². The Morgan fingerprint density at radius 2 is 1.47 bits per heavy atom. The van der Waals surface area contributed by atoms with E-state index in [1.165, 1.54) is 40.1 Å². The fourth-order valence-corrected chi connectivity index (χ4v) is 2.91. The van der Waals surface area contributed by atoms with Crippen LogP contribution < -0.4 is 15.2 Å². The van der Waals surface area contributed by atoms with E-state index in [0.717, 1.165) is 0 Å². The highest BCUT2D eigenvalue weighted by Gasteiger charge is 2.17. The summed E-state index contributed by atoms with van der Waals surface area (Å²) in [7, 11) is 6.49. The van der Waals surface area contributed by atoms with Gasteiger partial charge >= 0.3 is 0 Å².